The van der Waals surface area contributed by atoms with Crippen molar-refractivity contribution in [2.24, 2.45) is 0 Å². The van der Waals surface area contributed by atoms with E-state index in [2.05, 4.69) is 6.07 Å². The Morgan fingerprint density at radius 2 is 1.46 bits per heavy atom. The van der Waals surface area contributed by atoms with Crippen LogP contribution in [0.3, 0.4) is 0 Å². The number of esters is 1. The number of benzene rings is 3. The first-order valence-corrected chi connectivity index (χ1v) is 7.97. The summed E-state index contributed by atoms with van der Waals surface area (Å²) in [7, 11) is 0. The van der Waals surface area contributed by atoms with Gasteiger partial charge >= 0.3 is 5.97 Å². The van der Waals surface area contributed by atoms with E-state index in [1.54, 1.807) is 54.6 Å². The van der Waals surface area contributed by atoms with Crippen molar-refractivity contribution >= 4 is 5.97 Å². The molecule has 3 aromatic rings. The first-order chi connectivity index (χ1) is 12.7. The van der Waals surface area contributed by atoms with E-state index >= 15 is 0 Å². The lowest BCUT2D eigenvalue weighted by molar-refractivity contribution is 0.0473. The lowest BCUT2D eigenvalue weighted by Crippen LogP contribution is -2.07. The van der Waals surface area contributed by atoms with Gasteiger partial charge in [-0.2, -0.15) is 10.5 Å². The molecule has 26 heavy (non-hydrogen) atoms. The first-order valence-electron chi connectivity index (χ1n) is 7.97. The lowest BCUT2D eigenvalue weighted by atomic mass is 9.96. The molecule has 0 aliphatic heterocycles. The molecule has 0 atom stereocenters. The number of carbonyl (C=O) groups is 1. The monoisotopic (exact) mass is 338 g/mol. The number of nitrogens with zero attached hydrogens (tertiary/aromatic N) is 2. The van der Waals surface area contributed by atoms with Crippen LogP contribution in [0.1, 0.15) is 27.0 Å². The minimum absolute atomic E-state index is 0.110. The Hall–Kier alpha value is -3.89. The summed E-state index contributed by atoms with van der Waals surface area (Å²) >= 11 is 0. The van der Waals surface area contributed by atoms with Gasteiger partial charge in [0, 0.05) is 5.56 Å². The fraction of sp³-hybridized carbons (Fsp3) is 0.0455. The molecule has 0 spiro atoms. The molecule has 3 aromatic carbocycles. The second-order valence-electron chi connectivity index (χ2n) is 5.59. The van der Waals surface area contributed by atoms with E-state index < -0.39 is 5.97 Å². The highest BCUT2D eigenvalue weighted by molar-refractivity contribution is 5.98. The predicted octanol–water partition coefficient (Wildman–Crippen LogP) is 4.45. The summed E-state index contributed by atoms with van der Waals surface area (Å²) in [5, 5.41) is 18.1. The summed E-state index contributed by atoms with van der Waals surface area (Å²) in [4.78, 5) is 12.6. The van der Waals surface area contributed by atoms with E-state index in [1.165, 1.54) is 0 Å². The number of carbonyl (C=O) groups excluding carboxylic acids is 1. The van der Waals surface area contributed by atoms with Gasteiger partial charge in [-0.05, 0) is 35.4 Å². The lowest BCUT2D eigenvalue weighted by Gasteiger charge is -2.11. The van der Waals surface area contributed by atoms with Crippen LogP contribution in [0.25, 0.3) is 11.1 Å². The third-order valence-electron chi connectivity index (χ3n) is 3.94. The van der Waals surface area contributed by atoms with Crippen molar-refractivity contribution in [3.8, 4) is 23.3 Å². The number of hydrogen-bond donors (Lipinski definition) is 0. The van der Waals surface area contributed by atoms with Crippen LogP contribution in [0.4, 0.5) is 0 Å². The summed E-state index contributed by atoms with van der Waals surface area (Å²) in [5.41, 5.74) is 3.62. The van der Waals surface area contributed by atoms with Crippen molar-refractivity contribution in [3.63, 3.8) is 0 Å². The average molecular weight is 338 g/mol. The van der Waals surface area contributed by atoms with Gasteiger partial charge in [-0.25, -0.2) is 4.79 Å². The van der Waals surface area contributed by atoms with Crippen molar-refractivity contribution in [1.29, 1.82) is 10.5 Å². The van der Waals surface area contributed by atoms with Crippen molar-refractivity contribution in [1.82, 2.24) is 0 Å². The maximum absolute atomic E-state index is 12.6. The third kappa shape index (κ3) is 3.61. The van der Waals surface area contributed by atoms with Crippen LogP contribution in [0.2, 0.25) is 0 Å². The number of nitriles is 2. The van der Waals surface area contributed by atoms with Crippen LogP contribution in [-0.2, 0) is 11.3 Å². The molecule has 0 N–H and O–H groups in total. The molecular formula is C22H14N2O2. The van der Waals surface area contributed by atoms with Gasteiger partial charge < -0.3 is 4.74 Å². The molecule has 4 heteroatoms. The topological polar surface area (TPSA) is 73.9 Å². The molecule has 124 valence electrons. The fourth-order valence-corrected chi connectivity index (χ4v) is 2.61. The zero-order chi connectivity index (χ0) is 18.4. The van der Waals surface area contributed by atoms with Gasteiger partial charge in [0.15, 0.2) is 0 Å². The smallest absolute Gasteiger partial charge is 0.339 e. The Kier molecular flexibility index (Phi) is 5.08. The summed E-state index contributed by atoms with van der Waals surface area (Å²) in [6, 6.07) is 25.3. The second-order valence-corrected chi connectivity index (χ2v) is 5.59. The standard InChI is InChI=1S/C22H14N2O2/c23-13-16-9-11-17(12-10-16)15-26-22(25)21-8-4-3-7-20(21)19-6-2-1-5-18(19)14-24/h1-12H,15H2. The minimum atomic E-state index is -0.460. The van der Waals surface area contributed by atoms with Crippen LogP contribution >= 0.6 is 0 Å². The highest BCUT2D eigenvalue weighted by atomic mass is 16.5. The largest absolute Gasteiger partial charge is 0.457 e. The van der Waals surface area contributed by atoms with Crippen molar-refractivity contribution in [2.45, 2.75) is 6.61 Å². The average Bonchev–Trinajstić information content (AvgIpc) is 2.72. The molecule has 0 amide bonds. The molecule has 0 fully saturated rings. The Morgan fingerprint density at radius 1 is 0.808 bits per heavy atom. The van der Waals surface area contributed by atoms with Gasteiger partial charge in [-0.1, -0.05) is 48.5 Å². The SMILES string of the molecule is N#Cc1ccc(COC(=O)c2ccccc2-c2ccccc2C#N)cc1. The van der Waals surface area contributed by atoms with Crippen molar-refractivity contribution < 1.29 is 9.53 Å². The maximum Gasteiger partial charge on any atom is 0.339 e. The molecule has 0 unspecified atom stereocenters. The molecule has 0 radical (unpaired) electrons. The summed E-state index contributed by atoms with van der Waals surface area (Å²) < 4.78 is 5.42. The Balaban J connectivity index is 1.84. The first kappa shape index (κ1) is 17.0. The summed E-state index contributed by atoms with van der Waals surface area (Å²) in [6.45, 7) is 0.110. The van der Waals surface area contributed by atoms with Gasteiger partial charge in [-0.3, -0.25) is 0 Å². The number of rotatable bonds is 4. The molecular weight excluding hydrogens is 324 g/mol. The van der Waals surface area contributed by atoms with Crippen molar-refractivity contribution in [3.05, 3.63) is 95.1 Å². The van der Waals surface area contributed by atoms with Gasteiger partial charge in [0.2, 0.25) is 0 Å². The quantitative estimate of drug-likeness (QED) is 0.659. The Bertz CT molecular complexity index is 1020. The molecule has 0 aromatic heterocycles. The summed E-state index contributed by atoms with van der Waals surface area (Å²) in [5.74, 6) is -0.460. The van der Waals surface area contributed by atoms with Crippen molar-refractivity contribution in [2.75, 3.05) is 0 Å². The van der Waals surface area contributed by atoms with E-state index in [9.17, 15) is 10.1 Å². The molecule has 3 rings (SSSR count). The number of hydrogen-bond acceptors (Lipinski definition) is 4. The fourth-order valence-electron chi connectivity index (χ4n) is 2.61. The van der Waals surface area contributed by atoms with E-state index in [4.69, 9.17) is 10.00 Å². The van der Waals surface area contributed by atoms with E-state index in [0.717, 1.165) is 5.56 Å². The van der Waals surface area contributed by atoms with Crippen LogP contribution in [0, 0.1) is 22.7 Å². The molecule has 4 nitrogen and oxygen atoms in total. The van der Waals surface area contributed by atoms with Gasteiger partial charge in [0.05, 0.1) is 28.8 Å². The predicted molar refractivity (Wildman–Crippen MR) is 96.9 cm³/mol. The highest BCUT2D eigenvalue weighted by Gasteiger charge is 2.16. The molecule has 0 aliphatic carbocycles. The molecule has 0 bridgehead atoms. The van der Waals surface area contributed by atoms with Gasteiger partial charge in [0.25, 0.3) is 0 Å². The zero-order valence-electron chi connectivity index (χ0n) is 13.8. The van der Waals surface area contributed by atoms with Crippen LogP contribution in [0.5, 0.6) is 0 Å². The van der Waals surface area contributed by atoms with Crippen LogP contribution in [0.15, 0.2) is 72.8 Å². The van der Waals surface area contributed by atoms with Gasteiger partial charge in [0.1, 0.15) is 6.61 Å². The van der Waals surface area contributed by atoms with Crippen LogP contribution < -0.4 is 0 Å². The Morgan fingerprint density at radius 3 is 2.15 bits per heavy atom. The van der Waals surface area contributed by atoms with Gasteiger partial charge in [-0.15, -0.1) is 0 Å². The van der Waals surface area contributed by atoms with E-state index in [-0.39, 0.29) is 6.61 Å². The molecule has 0 aliphatic rings. The third-order valence-corrected chi connectivity index (χ3v) is 3.94. The molecule has 0 heterocycles. The maximum atomic E-state index is 12.6. The highest BCUT2D eigenvalue weighted by Crippen LogP contribution is 2.27. The van der Waals surface area contributed by atoms with Crippen LogP contribution in [-0.4, -0.2) is 5.97 Å². The Labute approximate surface area is 151 Å². The van der Waals surface area contributed by atoms with E-state index in [1.807, 2.05) is 24.3 Å². The number of ether oxygens (including phenoxy) is 1. The molecule has 0 saturated carbocycles. The zero-order valence-corrected chi connectivity index (χ0v) is 13.8. The minimum Gasteiger partial charge on any atom is -0.457 e. The molecule has 0 saturated heterocycles. The second kappa shape index (κ2) is 7.79. The van der Waals surface area contributed by atoms with E-state index in [0.29, 0.717) is 27.8 Å². The normalized spacial score (nSPS) is 9.77. The summed E-state index contributed by atoms with van der Waals surface area (Å²) in [6.07, 6.45) is 0.